The largest absolute Gasteiger partial charge is 0.310 e. The summed E-state index contributed by atoms with van der Waals surface area (Å²) in [6.07, 6.45) is 5.91. The number of hydrogen-bond acceptors (Lipinski definition) is 1. The van der Waals surface area contributed by atoms with Crippen LogP contribution in [-0.4, -0.2) is 6.54 Å². The minimum absolute atomic E-state index is 0.416. The van der Waals surface area contributed by atoms with Crippen LogP contribution < -0.4 is 5.32 Å². The highest BCUT2D eigenvalue weighted by atomic mass is 14.9. The summed E-state index contributed by atoms with van der Waals surface area (Å²) >= 11 is 0. The Hall–Kier alpha value is -1.34. The molecule has 0 heterocycles. The highest BCUT2D eigenvalue weighted by Gasteiger charge is 2.17. The Kier molecular flexibility index (Phi) is 5.19. The van der Waals surface area contributed by atoms with E-state index in [0.717, 1.165) is 13.0 Å². The van der Waals surface area contributed by atoms with Gasteiger partial charge in [-0.25, -0.2) is 0 Å². The van der Waals surface area contributed by atoms with Gasteiger partial charge in [0.25, 0.3) is 0 Å². The van der Waals surface area contributed by atoms with Gasteiger partial charge in [-0.3, -0.25) is 0 Å². The highest BCUT2D eigenvalue weighted by molar-refractivity contribution is 5.78. The third-order valence-electron chi connectivity index (χ3n) is 4.39. The zero-order valence-corrected chi connectivity index (χ0v) is 13.3. The lowest BCUT2D eigenvalue weighted by Gasteiger charge is -2.19. The summed E-state index contributed by atoms with van der Waals surface area (Å²) in [6.45, 7) is 10.1. The first kappa shape index (κ1) is 15.1. The van der Waals surface area contributed by atoms with E-state index in [0.29, 0.717) is 6.04 Å². The van der Waals surface area contributed by atoms with Gasteiger partial charge in [0.15, 0.2) is 0 Å². The zero-order chi connectivity index (χ0) is 14.5. The summed E-state index contributed by atoms with van der Waals surface area (Å²) in [7, 11) is 0. The predicted octanol–water partition coefficient (Wildman–Crippen LogP) is 5.26. The summed E-state index contributed by atoms with van der Waals surface area (Å²) in [6, 6.07) is 9.28. The Morgan fingerprint density at radius 3 is 2.60 bits per heavy atom. The van der Waals surface area contributed by atoms with Crippen LogP contribution in [0.3, 0.4) is 0 Å². The number of unbranched alkanes of at least 4 members (excludes halogenated alkanes) is 1. The highest BCUT2D eigenvalue weighted by Crippen LogP contribution is 2.36. The molecule has 1 heteroatoms. The van der Waals surface area contributed by atoms with Crippen molar-refractivity contribution in [2.24, 2.45) is 0 Å². The Balaban J connectivity index is 2.23. The molecule has 0 saturated heterocycles. The molecule has 1 nitrogen and oxygen atoms in total. The molecule has 108 valence electrons. The van der Waals surface area contributed by atoms with Crippen molar-refractivity contribution in [3.63, 3.8) is 0 Å². The molecule has 1 aromatic carbocycles. The molecule has 0 saturated carbocycles. The molecule has 20 heavy (non-hydrogen) atoms. The van der Waals surface area contributed by atoms with E-state index >= 15 is 0 Å². The number of benzene rings is 1. The molecule has 0 spiro atoms. The van der Waals surface area contributed by atoms with Gasteiger partial charge in [0.1, 0.15) is 0 Å². The second-order valence-electron chi connectivity index (χ2n) is 5.81. The van der Waals surface area contributed by atoms with Crippen molar-refractivity contribution >= 4 is 5.57 Å². The molecule has 2 rings (SSSR count). The van der Waals surface area contributed by atoms with E-state index in [9.17, 15) is 0 Å². The van der Waals surface area contributed by atoms with Crippen LogP contribution in [0.2, 0.25) is 0 Å². The topological polar surface area (TPSA) is 12.0 Å². The first-order chi connectivity index (χ1) is 9.65. The fourth-order valence-electron chi connectivity index (χ4n) is 2.87. The van der Waals surface area contributed by atoms with Crippen LogP contribution in [0.4, 0.5) is 0 Å². The quantitative estimate of drug-likeness (QED) is 0.694. The lowest BCUT2D eigenvalue weighted by Crippen LogP contribution is -2.20. The van der Waals surface area contributed by atoms with Crippen molar-refractivity contribution in [2.45, 2.75) is 53.0 Å². The zero-order valence-electron chi connectivity index (χ0n) is 13.3. The van der Waals surface area contributed by atoms with E-state index in [1.54, 1.807) is 0 Å². The second-order valence-corrected chi connectivity index (χ2v) is 5.81. The minimum atomic E-state index is 0.416. The van der Waals surface area contributed by atoms with Crippen molar-refractivity contribution in [1.82, 2.24) is 5.32 Å². The van der Waals surface area contributed by atoms with Crippen LogP contribution in [0.15, 0.2) is 41.5 Å². The molecule has 1 aromatic rings. The van der Waals surface area contributed by atoms with Gasteiger partial charge in [-0.05, 0) is 62.4 Å². The number of allylic oxidation sites excluding steroid dienone is 4. The first-order valence-corrected chi connectivity index (χ1v) is 7.84. The molecule has 0 aliphatic heterocycles. The summed E-state index contributed by atoms with van der Waals surface area (Å²) in [5.41, 5.74) is 7.25. The first-order valence-electron chi connectivity index (χ1n) is 7.84. The Morgan fingerprint density at radius 2 is 1.95 bits per heavy atom. The third kappa shape index (κ3) is 3.21. The predicted molar refractivity (Wildman–Crippen MR) is 88.7 cm³/mol. The maximum atomic E-state index is 3.65. The monoisotopic (exact) mass is 269 g/mol. The number of rotatable bonds is 6. The second kappa shape index (κ2) is 6.90. The fourth-order valence-corrected chi connectivity index (χ4v) is 2.87. The maximum Gasteiger partial charge on any atom is 0.0297 e. The molecule has 1 N–H and O–H groups in total. The summed E-state index contributed by atoms with van der Waals surface area (Å²) in [4.78, 5) is 0. The van der Waals surface area contributed by atoms with Crippen molar-refractivity contribution in [1.29, 1.82) is 0 Å². The Bertz CT molecular complexity index is 522. The van der Waals surface area contributed by atoms with Crippen molar-refractivity contribution < 1.29 is 0 Å². The molecule has 0 fully saturated rings. The molecule has 0 bridgehead atoms. The van der Waals surface area contributed by atoms with Gasteiger partial charge in [-0.1, -0.05) is 49.3 Å². The molecular weight excluding hydrogens is 242 g/mol. The van der Waals surface area contributed by atoms with Crippen LogP contribution in [0.25, 0.3) is 5.57 Å². The third-order valence-corrected chi connectivity index (χ3v) is 4.39. The lowest BCUT2D eigenvalue weighted by atomic mass is 9.92. The summed E-state index contributed by atoms with van der Waals surface area (Å²) in [5, 5.41) is 3.65. The summed E-state index contributed by atoms with van der Waals surface area (Å²) < 4.78 is 0. The van der Waals surface area contributed by atoms with Crippen molar-refractivity contribution in [3.8, 4) is 0 Å². The van der Waals surface area contributed by atoms with E-state index in [2.05, 4.69) is 63.4 Å². The molecule has 1 aliphatic carbocycles. The van der Waals surface area contributed by atoms with Crippen molar-refractivity contribution in [2.75, 3.05) is 6.54 Å². The maximum absolute atomic E-state index is 3.65. The molecule has 1 aliphatic rings. The van der Waals surface area contributed by atoms with Crippen LogP contribution in [0, 0.1) is 0 Å². The van der Waals surface area contributed by atoms with Gasteiger partial charge < -0.3 is 5.32 Å². The number of hydrogen-bond donors (Lipinski definition) is 1. The lowest BCUT2D eigenvalue weighted by molar-refractivity contribution is 0.553. The van der Waals surface area contributed by atoms with Crippen LogP contribution in [0.5, 0.6) is 0 Å². The van der Waals surface area contributed by atoms with Crippen LogP contribution in [0.1, 0.15) is 64.1 Å². The molecule has 0 aromatic heterocycles. The molecular formula is C19H27N. The Morgan fingerprint density at radius 1 is 1.20 bits per heavy atom. The van der Waals surface area contributed by atoms with Crippen LogP contribution in [-0.2, 0) is 0 Å². The fraction of sp³-hybridized carbons (Fsp3) is 0.474. The Labute approximate surface area is 123 Å². The van der Waals surface area contributed by atoms with Crippen molar-refractivity contribution in [3.05, 3.63) is 52.6 Å². The SMILES string of the molecule is CCCCNC(C)c1ccccc1C1=C(C)C(C)=CC1. The van der Waals surface area contributed by atoms with Gasteiger partial charge >= 0.3 is 0 Å². The van der Waals surface area contributed by atoms with E-state index in [1.807, 2.05) is 0 Å². The van der Waals surface area contributed by atoms with Gasteiger partial charge in [0.05, 0.1) is 0 Å². The van der Waals surface area contributed by atoms with E-state index in [-0.39, 0.29) is 0 Å². The molecule has 1 atom stereocenters. The summed E-state index contributed by atoms with van der Waals surface area (Å²) in [5.74, 6) is 0. The average Bonchev–Trinajstić information content (AvgIpc) is 2.79. The number of nitrogens with one attached hydrogen (secondary N) is 1. The van der Waals surface area contributed by atoms with Gasteiger partial charge in [-0.15, -0.1) is 0 Å². The van der Waals surface area contributed by atoms with Gasteiger partial charge in [-0.2, -0.15) is 0 Å². The molecule has 0 radical (unpaired) electrons. The standard InChI is InChI=1S/C19H27N/c1-5-6-13-20-16(4)18-9-7-8-10-19(18)17-12-11-14(2)15(17)3/h7-11,16,20H,5-6,12-13H2,1-4H3. The van der Waals surface area contributed by atoms with Gasteiger partial charge in [0.2, 0.25) is 0 Å². The van der Waals surface area contributed by atoms with E-state index in [1.165, 1.54) is 40.7 Å². The normalized spacial score (nSPS) is 16.5. The van der Waals surface area contributed by atoms with E-state index < -0.39 is 0 Å². The molecule has 1 unspecified atom stereocenters. The smallest absolute Gasteiger partial charge is 0.0297 e. The average molecular weight is 269 g/mol. The van der Waals surface area contributed by atoms with Crippen LogP contribution >= 0.6 is 0 Å². The molecule has 0 amide bonds. The van der Waals surface area contributed by atoms with Gasteiger partial charge in [0, 0.05) is 6.04 Å². The minimum Gasteiger partial charge on any atom is -0.310 e. The van der Waals surface area contributed by atoms with E-state index in [4.69, 9.17) is 0 Å².